The lowest BCUT2D eigenvalue weighted by atomic mass is 9.70. The minimum atomic E-state index is 0.0207. The van der Waals surface area contributed by atoms with Crippen LogP contribution in [-0.2, 0) is 0 Å². The Morgan fingerprint density at radius 3 is 2.70 bits per heavy atom. The molecule has 2 N–H and O–H groups in total. The fourth-order valence-corrected chi connectivity index (χ4v) is 4.23. The lowest BCUT2D eigenvalue weighted by Crippen LogP contribution is -2.39. The molecule has 1 heterocycles. The number of fused-ring (bicyclic) bond motifs is 2. The Balaban J connectivity index is 1.81. The predicted molar refractivity (Wildman–Crippen MR) is 80.5 cm³/mol. The van der Waals surface area contributed by atoms with E-state index in [0.29, 0.717) is 5.41 Å². The van der Waals surface area contributed by atoms with Gasteiger partial charge in [-0.3, -0.25) is 0 Å². The van der Waals surface area contributed by atoms with Crippen molar-refractivity contribution < 1.29 is 4.74 Å². The normalized spacial score (nSPS) is 36.0. The van der Waals surface area contributed by atoms with Crippen LogP contribution < -0.4 is 10.5 Å². The SMILES string of the molecule is CC(N)c1ccnc(OC2CC3CCC2(C)C3(C)C)c1. The molecule has 0 spiro atoms. The number of hydrogen-bond donors (Lipinski definition) is 1. The van der Waals surface area contributed by atoms with Crippen LogP contribution in [0.3, 0.4) is 0 Å². The molecule has 2 bridgehead atoms. The zero-order valence-electron chi connectivity index (χ0n) is 13.0. The lowest BCUT2D eigenvalue weighted by molar-refractivity contribution is 0.0272. The third kappa shape index (κ3) is 1.86. The van der Waals surface area contributed by atoms with E-state index in [4.69, 9.17) is 10.5 Å². The van der Waals surface area contributed by atoms with Crippen molar-refractivity contribution in [2.45, 2.75) is 59.1 Å². The van der Waals surface area contributed by atoms with Gasteiger partial charge in [0.15, 0.2) is 0 Å². The zero-order valence-corrected chi connectivity index (χ0v) is 13.0. The molecule has 3 nitrogen and oxygen atoms in total. The highest BCUT2D eigenvalue weighted by molar-refractivity contribution is 5.24. The summed E-state index contributed by atoms with van der Waals surface area (Å²) in [5.41, 5.74) is 7.66. The topological polar surface area (TPSA) is 48.1 Å². The summed E-state index contributed by atoms with van der Waals surface area (Å²) in [5, 5.41) is 0. The molecule has 1 aromatic rings. The molecule has 4 atom stereocenters. The minimum absolute atomic E-state index is 0.0207. The van der Waals surface area contributed by atoms with Crippen LogP contribution in [0, 0.1) is 16.7 Å². The van der Waals surface area contributed by atoms with Crippen LogP contribution in [-0.4, -0.2) is 11.1 Å². The van der Waals surface area contributed by atoms with E-state index < -0.39 is 0 Å². The van der Waals surface area contributed by atoms with E-state index in [-0.39, 0.29) is 17.6 Å². The van der Waals surface area contributed by atoms with Crippen molar-refractivity contribution in [2.75, 3.05) is 0 Å². The average molecular weight is 274 g/mol. The number of pyridine rings is 1. The van der Waals surface area contributed by atoms with Crippen molar-refractivity contribution in [3.05, 3.63) is 23.9 Å². The summed E-state index contributed by atoms with van der Waals surface area (Å²) in [7, 11) is 0. The Hall–Kier alpha value is -1.09. The second-order valence-corrected chi connectivity index (χ2v) is 7.43. The molecule has 4 unspecified atom stereocenters. The van der Waals surface area contributed by atoms with E-state index >= 15 is 0 Å². The third-order valence-electron chi connectivity index (χ3n) is 6.26. The standard InChI is InChI=1S/C17H26N2O/c1-11(18)12-6-8-19-15(9-12)20-14-10-13-5-7-17(14,4)16(13,2)3/h6,8-9,11,13-14H,5,7,10,18H2,1-4H3. The first-order chi connectivity index (χ1) is 9.34. The number of nitrogens with two attached hydrogens (primary N) is 1. The van der Waals surface area contributed by atoms with Gasteiger partial charge in [0.1, 0.15) is 6.10 Å². The molecule has 110 valence electrons. The highest BCUT2D eigenvalue weighted by Crippen LogP contribution is 2.66. The van der Waals surface area contributed by atoms with E-state index in [1.165, 1.54) is 12.8 Å². The maximum Gasteiger partial charge on any atom is 0.213 e. The van der Waals surface area contributed by atoms with Crippen molar-refractivity contribution >= 4 is 0 Å². The summed E-state index contributed by atoms with van der Waals surface area (Å²) >= 11 is 0. The van der Waals surface area contributed by atoms with Crippen molar-refractivity contribution in [2.24, 2.45) is 22.5 Å². The third-order valence-corrected chi connectivity index (χ3v) is 6.26. The first-order valence-electron chi connectivity index (χ1n) is 7.73. The Morgan fingerprint density at radius 2 is 2.15 bits per heavy atom. The van der Waals surface area contributed by atoms with Crippen molar-refractivity contribution in [1.82, 2.24) is 4.98 Å². The monoisotopic (exact) mass is 274 g/mol. The number of nitrogens with zero attached hydrogens (tertiary/aromatic N) is 1. The molecule has 0 aliphatic heterocycles. The van der Waals surface area contributed by atoms with Gasteiger partial charge in [-0.25, -0.2) is 4.98 Å². The molecular formula is C17H26N2O. The van der Waals surface area contributed by atoms with Crippen LogP contribution in [0.25, 0.3) is 0 Å². The van der Waals surface area contributed by atoms with Crippen molar-refractivity contribution in [3.8, 4) is 5.88 Å². The molecule has 0 aromatic carbocycles. The molecule has 3 rings (SSSR count). The predicted octanol–water partition coefficient (Wildman–Crippen LogP) is 3.69. The second kappa shape index (κ2) is 4.45. The van der Waals surface area contributed by atoms with Crippen molar-refractivity contribution in [1.29, 1.82) is 0 Å². The Bertz CT molecular complexity index is 511. The Labute approximate surface area is 121 Å². The number of aromatic nitrogens is 1. The summed E-state index contributed by atoms with van der Waals surface area (Å²) in [6, 6.07) is 3.98. The number of rotatable bonds is 3. The highest BCUT2D eigenvalue weighted by Gasteiger charge is 2.62. The van der Waals surface area contributed by atoms with Crippen LogP contribution >= 0.6 is 0 Å². The molecule has 2 aliphatic carbocycles. The molecular weight excluding hydrogens is 248 g/mol. The van der Waals surface area contributed by atoms with E-state index in [2.05, 4.69) is 25.8 Å². The van der Waals surface area contributed by atoms with Gasteiger partial charge in [-0.05, 0) is 49.1 Å². The quantitative estimate of drug-likeness (QED) is 0.914. The van der Waals surface area contributed by atoms with E-state index in [0.717, 1.165) is 23.8 Å². The molecule has 3 heteroatoms. The van der Waals surface area contributed by atoms with Crippen LogP contribution in [0.15, 0.2) is 18.3 Å². The van der Waals surface area contributed by atoms with Gasteiger partial charge in [0.05, 0.1) is 0 Å². The van der Waals surface area contributed by atoms with E-state index in [1.807, 2.05) is 19.1 Å². The van der Waals surface area contributed by atoms with Gasteiger partial charge in [0, 0.05) is 23.7 Å². The van der Waals surface area contributed by atoms with Gasteiger partial charge < -0.3 is 10.5 Å². The molecule has 2 aliphatic rings. The van der Waals surface area contributed by atoms with Crippen LogP contribution in [0.1, 0.15) is 58.6 Å². The fraction of sp³-hybridized carbons (Fsp3) is 0.706. The number of hydrogen-bond acceptors (Lipinski definition) is 3. The zero-order chi connectivity index (χ0) is 14.5. The summed E-state index contributed by atoms with van der Waals surface area (Å²) in [6.07, 6.45) is 5.86. The second-order valence-electron chi connectivity index (χ2n) is 7.43. The van der Waals surface area contributed by atoms with Crippen LogP contribution in [0.5, 0.6) is 5.88 Å². The van der Waals surface area contributed by atoms with Crippen LogP contribution in [0.4, 0.5) is 0 Å². The number of ether oxygens (including phenoxy) is 1. The van der Waals surface area contributed by atoms with Gasteiger partial charge in [-0.15, -0.1) is 0 Å². The molecule has 2 fully saturated rings. The molecule has 20 heavy (non-hydrogen) atoms. The molecule has 0 radical (unpaired) electrons. The van der Waals surface area contributed by atoms with E-state index in [9.17, 15) is 0 Å². The van der Waals surface area contributed by atoms with Gasteiger partial charge >= 0.3 is 0 Å². The minimum Gasteiger partial charge on any atom is -0.474 e. The lowest BCUT2D eigenvalue weighted by Gasteiger charge is -2.38. The molecule has 2 saturated carbocycles. The molecule has 0 amide bonds. The summed E-state index contributed by atoms with van der Waals surface area (Å²) in [5.74, 6) is 1.52. The molecule has 0 saturated heterocycles. The summed E-state index contributed by atoms with van der Waals surface area (Å²) < 4.78 is 6.27. The average Bonchev–Trinajstić information content (AvgIpc) is 2.72. The first-order valence-corrected chi connectivity index (χ1v) is 7.73. The largest absolute Gasteiger partial charge is 0.474 e. The maximum absolute atomic E-state index is 6.27. The Kier molecular flexibility index (Phi) is 3.09. The van der Waals surface area contributed by atoms with Gasteiger partial charge in [-0.2, -0.15) is 0 Å². The summed E-state index contributed by atoms with van der Waals surface area (Å²) in [4.78, 5) is 4.37. The smallest absolute Gasteiger partial charge is 0.213 e. The van der Waals surface area contributed by atoms with Gasteiger partial charge in [-0.1, -0.05) is 20.8 Å². The highest BCUT2D eigenvalue weighted by atomic mass is 16.5. The Morgan fingerprint density at radius 1 is 1.40 bits per heavy atom. The van der Waals surface area contributed by atoms with Gasteiger partial charge in [0.2, 0.25) is 5.88 Å². The summed E-state index contributed by atoms with van der Waals surface area (Å²) in [6.45, 7) is 9.18. The van der Waals surface area contributed by atoms with Gasteiger partial charge in [0.25, 0.3) is 0 Å². The van der Waals surface area contributed by atoms with Crippen LogP contribution in [0.2, 0.25) is 0 Å². The maximum atomic E-state index is 6.27. The molecule has 1 aromatic heterocycles. The van der Waals surface area contributed by atoms with E-state index in [1.54, 1.807) is 6.20 Å². The van der Waals surface area contributed by atoms with Crippen molar-refractivity contribution in [3.63, 3.8) is 0 Å². The fourth-order valence-electron chi connectivity index (χ4n) is 4.23. The first kappa shape index (κ1) is 13.9.